The number of nitrogens with two attached hydrogens (primary N) is 1. The first-order valence-corrected chi connectivity index (χ1v) is 7.00. The Bertz CT molecular complexity index is 399. The van der Waals surface area contributed by atoms with Gasteiger partial charge in [0.15, 0.2) is 0 Å². The van der Waals surface area contributed by atoms with Crippen molar-refractivity contribution in [3.8, 4) is 5.75 Å². The predicted octanol–water partition coefficient (Wildman–Crippen LogP) is 3.41. The molecule has 0 aliphatic rings. The van der Waals surface area contributed by atoms with Gasteiger partial charge in [0.25, 0.3) is 0 Å². The number of hydrogen-bond acceptors (Lipinski definition) is 3. The first kappa shape index (κ1) is 16.9. The van der Waals surface area contributed by atoms with Crippen molar-refractivity contribution in [2.24, 2.45) is 5.73 Å². The van der Waals surface area contributed by atoms with Gasteiger partial charge in [0.2, 0.25) is 0 Å². The minimum Gasteiger partial charge on any atom is -0.434 e. The number of rotatable bonds is 8. The maximum atomic E-state index is 12.5. The van der Waals surface area contributed by atoms with Gasteiger partial charge in [0.1, 0.15) is 5.75 Å². The maximum Gasteiger partial charge on any atom is 0.387 e. The van der Waals surface area contributed by atoms with Crippen LogP contribution in [0.1, 0.15) is 38.8 Å². The van der Waals surface area contributed by atoms with Crippen LogP contribution in [0, 0.1) is 0 Å². The Morgan fingerprint density at radius 3 is 2.40 bits per heavy atom. The van der Waals surface area contributed by atoms with Crippen molar-refractivity contribution >= 4 is 0 Å². The monoisotopic (exact) mass is 286 g/mol. The lowest BCUT2D eigenvalue weighted by Crippen LogP contribution is -2.39. The zero-order valence-electron chi connectivity index (χ0n) is 12.4. The number of benzene rings is 1. The Kier molecular flexibility index (Phi) is 6.88. The van der Waals surface area contributed by atoms with Gasteiger partial charge < -0.3 is 10.5 Å². The average molecular weight is 286 g/mol. The first-order chi connectivity index (χ1) is 9.51. The highest BCUT2D eigenvalue weighted by atomic mass is 19.3. The standard InChI is InChI=1S/C15H24F2N2O/c1-4-9-19(11(2)3)13(10-18)12-7-5-6-8-14(12)20-15(16)17/h5-8,11,13,15H,4,9-10,18H2,1-3H3. The molecule has 2 N–H and O–H groups in total. The molecule has 1 rings (SSSR count). The zero-order valence-corrected chi connectivity index (χ0v) is 12.4. The molecule has 0 aliphatic carbocycles. The highest BCUT2D eigenvalue weighted by Gasteiger charge is 2.24. The van der Waals surface area contributed by atoms with Crippen molar-refractivity contribution < 1.29 is 13.5 Å². The molecule has 1 aromatic rings. The predicted molar refractivity (Wildman–Crippen MR) is 77.0 cm³/mol. The van der Waals surface area contributed by atoms with Crippen LogP contribution < -0.4 is 10.5 Å². The summed E-state index contributed by atoms with van der Waals surface area (Å²) in [5, 5.41) is 0. The Balaban J connectivity index is 3.09. The normalized spacial score (nSPS) is 13.2. The molecule has 0 saturated heterocycles. The molecule has 1 unspecified atom stereocenters. The molecular formula is C15H24F2N2O. The molecule has 0 aliphatic heterocycles. The van der Waals surface area contributed by atoms with E-state index in [1.165, 1.54) is 0 Å². The minimum atomic E-state index is -2.83. The Hall–Kier alpha value is -1.20. The quantitative estimate of drug-likeness (QED) is 0.796. The molecule has 3 nitrogen and oxygen atoms in total. The molecular weight excluding hydrogens is 262 g/mol. The van der Waals surface area contributed by atoms with Gasteiger partial charge in [-0.2, -0.15) is 8.78 Å². The molecule has 5 heteroatoms. The van der Waals surface area contributed by atoms with Crippen LogP contribution in [0.15, 0.2) is 24.3 Å². The molecule has 114 valence electrons. The van der Waals surface area contributed by atoms with Gasteiger partial charge >= 0.3 is 6.61 Å². The first-order valence-electron chi connectivity index (χ1n) is 7.00. The lowest BCUT2D eigenvalue weighted by molar-refractivity contribution is -0.0513. The van der Waals surface area contributed by atoms with Crippen LogP contribution >= 0.6 is 0 Å². The van der Waals surface area contributed by atoms with E-state index in [0.29, 0.717) is 6.54 Å². The number of ether oxygens (including phenoxy) is 1. The third kappa shape index (κ3) is 4.42. The lowest BCUT2D eigenvalue weighted by atomic mass is 10.0. The second-order valence-corrected chi connectivity index (χ2v) is 5.00. The molecule has 0 fully saturated rings. The fraction of sp³-hybridized carbons (Fsp3) is 0.600. The van der Waals surface area contributed by atoms with Crippen LogP contribution in [0.4, 0.5) is 8.78 Å². The SMILES string of the molecule is CCCN(C(C)C)C(CN)c1ccccc1OC(F)F. The molecule has 0 spiro atoms. The van der Waals surface area contributed by atoms with Gasteiger partial charge in [-0.25, -0.2) is 0 Å². The second kappa shape index (κ2) is 8.17. The lowest BCUT2D eigenvalue weighted by Gasteiger charge is -2.35. The van der Waals surface area contributed by atoms with Crippen LogP contribution in [0.3, 0.4) is 0 Å². The Morgan fingerprint density at radius 2 is 1.90 bits per heavy atom. The molecule has 0 aromatic heterocycles. The third-order valence-electron chi connectivity index (χ3n) is 3.26. The van der Waals surface area contributed by atoms with E-state index in [1.54, 1.807) is 18.2 Å². The molecule has 1 atom stereocenters. The van der Waals surface area contributed by atoms with E-state index < -0.39 is 6.61 Å². The van der Waals surface area contributed by atoms with Crippen molar-refractivity contribution in [2.75, 3.05) is 13.1 Å². The van der Waals surface area contributed by atoms with Gasteiger partial charge in [0.05, 0.1) is 6.04 Å². The number of nitrogens with zero attached hydrogens (tertiary/aromatic N) is 1. The van der Waals surface area contributed by atoms with Gasteiger partial charge in [-0.05, 0) is 32.9 Å². The number of halogens is 2. The molecule has 0 saturated carbocycles. The van der Waals surface area contributed by atoms with Crippen molar-refractivity contribution in [3.05, 3.63) is 29.8 Å². The van der Waals surface area contributed by atoms with Crippen molar-refractivity contribution in [1.82, 2.24) is 4.90 Å². The van der Waals surface area contributed by atoms with Gasteiger partial charge in [-0.1, -0.05) is 25.1 Å². The summed E-state index contributed by atoms with van der Waals surface area (Å²) in [6.07, 6.45) is 0.979. The number of alkyl halides is 2. The van der Waals surface area contributed by atoms with E-state index in [-0.39, 0.29) is 17.8 Å². The van der Waals surface area contributed by atoms with Gasteiger partial charge in [-0.15, -0.1) is 0 Å². The molecule has 20 heavy (non-hydrogen) atoms. The average Bonchev–Trinajstić information content (AvgIpc) is 2.39. The van der Waals surface area contributed by atoms with E-state index in [2.05, 4.69) is 30.4 Å². The summed E-state index contributed by atoms with van der Waals surface area (Å²) in [4.78, 5) is 2.22. The van der Waals surface area contributed by atoms with Crippen LogP contribution in [0.5, 0.6) is 5.75 Å². The van der Waals surface area contributed by atoms with E-state index >= 15 is 0 Å². The Morgan fingerprint density at radius 1 is 1.25 bits per heavy atom. The van der Waals surface area contributed by atoms with Crippen LogP contribution in [-0.4, -0.2) is 30.6 Å². The van der Waals surface area contributed by atoms with Crippen molar-refractivity contribution in [2.45, 2.75) is 45.9 Å². The second-order valence-electron chi connectivity index (χ2n) is 5.00. The number of hydrogen-bond donors (Lipinski definition) is 1. The molecule has 0 radical (unpaired) electrons. The summed E-state index contributed by atoms with van der Waals surface area (Å²) in [7, 11) is 0. The topological polar surface area (TPSA) is 38.5 Å². The van der Waals surface area contributed by atoms with E-state index in [9.17, 15) is 8.78 Å². The smallest absolute Gasteiger partial charge is 0.387 e. The maximum absolute atomic E-state index is 12.5. The minimum absolute atomic E-state index is 0.120. The summed E-state index contributed by atoms with van der Waals surface area (Å²) in [6, 6.07) is 7.04. The summed E-state index contributed by atoms with van der Waals surface area (Å²) >= 11 is 0. The Labute approximate surface area is 119 Å². The molecule has 0 bridgehead atoms. The van der Waals surface area contributed by atoms with E-state index in [0.717, 1.165) is 18.5 Å². The molecule has 0 heterocycles. The highest BCUT2D eigenvalue weighted by Crippen LogP contribution is 2.31. The van der Waals surface area contributed by atoms with Gasteiger partial charge in [0, 0.05) is 18.2 Å². The fourth-order valence-electron chi connectivity index (χ4n) is 2.43. The third-order valence-corrected chi connectivity index (χ3v) is 3.26. The van der Waals surface area contributed by atoms with Crippen molar-refractivity contribution in [3.63, 3.8) is 0 Å². The summed E-state index contributed by atoms with van der Waals surface area (Å²) in [5.74, 6) is 0.208. The van der Waals surface area contributed by atoms with Crippen LogP contribution in [-0.2, 0) is 0 Å². The van der Waals surface area contributed by atoms with Crippen LogP contribution in [0.25, 0.3) is 0 Å². The van der Waals surface area contributed by atoms with Crippen molar-refractivity contribution in [1.29, 1.82) is 0 Å². The van der Waals surface area contributed by atoms with Gasteiger partial charge in [-0.3, -0.25) is 4.90 Å². The molecule has 0 amide bonds. The zero-order chi connectivity index (χ0) is 15.1. The fourth-order valence-corrected chi connectivity index (χ4v) is 2.43. The van der Waals surface area contributed by atoms with Crippen LogP contribution in [0.2, 0.25) is 0 Å². The number of para-hydroxylation sites is 1. The van der Waals surface area contributed by atoms with E-state index in [4.69, 9.17) is 5.73 Å². The summed E-state index contributed by atoms with van der Waals surface area (Å²) in [6.45, 7) is 4.65. The highest BCUT2D eigenvalue weighted by molar-refractivity contribution is 5.36. The molecule has 1 aromatic carbocycles. The summed E-state index contributed by atoms with van der Waals surface area (Å²) in [5.41, 5.74) is 6.61. The van der Waals surface area contributed by atoms with E-state index in [1.807, 2.05) is 6.07 Å². The largest absolute Gasteiger partial charge is 0.434 e. The summed E-state index contributed by atoms with van der Waals surface area (Å²) < 4.78 is 29.6.